The van der Waals surface area contributed by atoms with E-state index in [1.54, 1.807) is 0 Å². The Labute approximate surface area is 110 Å². The lowest BCUT2D eigenvalue weighted by Gasteiger charge is -2.21. The highest BCUT2D eigenvalue weighted by Gasteiger charge is 2.14. The second-order valence-corrected chi connectivity index (χ2v) is 5.37. The van der Waals surface area contributed by atoms with Gasteiger partial charge in [0.25, 0.3) is 0 Å². The molecule has 18 heavy (non-hydrogen) atoms. The molecule has 2 heterocycles. The third-order valence-corrected chi connectivity index (χ3v) is 3.70. The maximum absolute atomic E-state index is 4.04. The van der Waals surface area contributed by atoms with Gasteiger partial charge in [-0.15, -0.1) is 0 Å². The van der Waals surface area contributed by atoms with Gasteiger partial charge in [-0.2, -0.15) is 0 Å². The third-order valence-electron chi connectivity index (χ3n) is 3.70. The minimum absolute atomic E-state index is 0.564. The van der Waals surface area contributed by atoms with Crippen molar-refractivity contribution in [2.45, 2.75) is 57.7 Å². The van der Waals surface area contributed by atoms with Crippen LogP contribution < -0.4 is 10.6 Å². The zero-order valence-electron chi connectivity index (χ0n) is 11.4. The number of pyridine rings is 1. The van der Waals surface area contributed by atoms with E-state index in [-0.39, 0.29) is 0 Å². The Kier molecular flexibility index (Phi) is 5.62. The van der Waals surface area contributed by atoms with E-state index in [2.05, 4.69) is 34.7 Å². The Balaban J connectivity index is 1.69. The van der Waals surface area contributed by atoms with Gasteiger partial charge >= 0.3 is 0 Å². The van der Waals surface area contributed by atoms with E-state index in [1.807, 2.05) is 12.4 Å². The van der Waals surface area contributed by atoms with E-state index < -0.39 is 0 Å². The summed E-state index contributed by atoms with van der Waals surface area (Å²) in [5.74, 6) is 0. The van der Waals surface area contributed by atoms with E-state index in [0.717, 1.165) is 6.54 Å². The lowest BCUT2D eigenvalue weighted by Crippen LogP contribution is -2.36. The first-order valence-corrected chi connectivity index (χ1v) is 7.20. The largest absolute Gasteiger partial charge is 0.314 e. The first kappa shape index (κ1) is 13.5. The van der Waals surface area contributed by atoms with Gasteiger partial charge in [0.1, 0.15) is 0 Å². The molecule has 0 amide bonds. The highest BCUT2D eigenvalue weighted by molar-refractivity contribution is 5.09. The summed E-state index contributed by atoms with van der Waals surface area (Å²) in [4.78, 5) is 4.04. The van der Waals surface area contributed by atoms with E-state index in [0.29, 0.717) is 12.1 Å². The average molecular weight is 247 g/mol. The highest BCUT2D eigenvalue weighted by atomic mass is 14.9. The summed E-state index contributed by atoms with van der Waals surface area (Å²) in [5, 5.41) is 7.26. The van der Waals surface area contributed by atoms with Gasteiger partial charge in [0.15, 0.2) is 0 Å². The van der Waals surface area contributed by atoms with Crippen molar-refractivity contribution in [3.8, 4) is 0 Å². The molecule has 0 radical (unpaired) electrons. The fraction of sp³-hybridized carbons (Fsp3) is 0.667. The quantitative estimate of drug-likeness (QED) is 0.839. The summed E-state index contributed by atoms with van der Waals surface area (Å²) in [6.07, 6.45) is 10.4. The molecule has 2 atom stereocenters. The van der Waals surface area contributed by atoms with Crippen LogP contribution in [-0.2, 0) is 6.54 Å². The van der Waals surface area contributed by atoms with Gasteiger partial charge in [0.05, 0.1) is 0 Å². The Morgan fingerprint density at radius 3 is 3.00 bits per heavy atom. The molecule has 0 aliphatic carbocycles. The molecule has 1 fully saturated rings. The molecule has 2 unspecified atom stereocenters. The summed E-state index contributed by atoms with van der Waals surface area (Å²) in [7, 11) is 0. The number of hydrogen-bond donors (Lipinski definition) is 2. The molecule has 1 aliphatic heterocycles. The van der Waals surface area contributed by atoms with Gasteiger partial charge in [0.2, 0.25) is 0 Å². The summed E-state index contributed by atoms with van der Waals surface area (Å²) in [6.45, 7) is 4.42. The third kappa shape index (κ3) is 4.75. The average Bonchev–Trinajstić information content (AvgIpc) is 2.66. The highest BCUT2D eigenvalue weighted by Crippen LogP contribution is 2.12. The molecule has 0 spiro atoms. The van der Waals surface area contributed by atoms with Crippen molar-refractivity contribution in [1.82, 2.24) is 15.6 Å². The van der Waals surface area contributed by atoms with Crippen molar-refractivity contribution in [2.24, 2.45) is 0 Å². The number of nitrogens with one attached hydrogen (secondary N) is 2. The van der Waals surface area contributed by atoms with Crippen LogP contribution >= 0.6 is 0 Å². The van der Waals surface area contributed by atoms with Crippen LogP contribution in [0.1, 0.15) is 44.6 Å². The second kappa shape index (κ2) is 7.49. The summed E-state index contributed by atoms with van der Waals surface area (Å²) >= 11 is 0. The van der Waals surface area contributed by atoms with Gasteiger partial charge in [-0.3, -0.25) is 4.98 Å². The van der Waals surface area contributed by atoms with Crippen molar-refractivity contribution >= 4 is 0 Å². The first-order valence-electron chi connectivity index (χ1n) is 7.20. The molecule has 1 aromatic heterocycles. The van der Waals surface area contributed by atoms with Crippen LogP contribution in [0.2, 0.25) is 0 Å². The molecule has 2 N–H and O–H groups in total. The van der Waals surface area contributed by atoms with E-state index in [4.69, 9.17) is 0 Å². The smallest absolute Gasteiger partial charge is 0.0271 e. The van der Waals surface area contributed by atoms with Gasteiger partial charge in [-0.1, -0.05) is 12.8 Å². The standard InChI is InChI=1S/C15H25N3/c1-13(11-15-5-3-2-4-8-17-15)18-12-14-6-9-16-10-7-14/h6-7,9-10,13,15,17-18H,2-5,8,11-12H2,1H3. The second-order valence-electron chi connectivity index (χ2n) is 5.37. The minimum Gasteiger partial charge on any atom is -0.314 e. The minimum atomic E-state index is 0.564. The fourth-order valence-corrected chi connectivity index (χ4v) is 2.60. The Morgan fingerprint density at radius 2 is 2.17 bits per heavy atom. The van der Waals surface area contributed by atoms with Crippen LogP contribution in [0.25, 0.3) is 0 Å². The normalized spacial score (nSPS) is 22.4. The van der Waals surface area contributed by atoms with Crippen molar-refractivity contribution in [3.05, 3.63) is 30.1 Å². The summed E-state index contributed by atoms with van der Waals surface area (Å²) in [6, 6.07) is 5.41. The Bertz CT molecular complexity index is 318. The summed E-state index contributed by atoms with van der Waals surface area (Å²) < 4.78 is 0. The lowest BCUT2D eigenvalue weighted by molar-refractivity contribution is 0.402. The van der Waals surface area contributed by atoms with Gasteiger partial charge in [0, 0.05) is 31.0 Å². The topological polar surface area (TPSA) is 37.0 Å². The Hall–Kier alpha value is -0.930. The monoisotopic (exact) mass is 247 g/mol. The van der Waals surface area contributed by atoms with Crippen LogP contribution in [0, 0.1) is 0 Å². The lowest BCUT2D eigenvalue weighted by atomic mass is 10.0. The molecular formula is C15H25N3. The SMILES string of the molecule is CC(CC1CCCCCN1)NCc1ccncc1. The molecule has 3 nitrogen and oxygen atoms in total. The van der Waals surface area contributed by atoms with Crippen LogP contribution in [0.15, 0.2) is 24.5 Å². The first-order chi connectivity index (χ1) is 8.84. The van der Waals surface area contributed by atoms with Crippen LogP contribution in [0.4, 0.5) is 0 Å². The fourth-order valence-electron chi connectivity index (χ4n) is 2.60. The number of aromatic nitrogens is 1. The van der Waals surface area contributed by atoms with Crippen LogP contribution in [0.3, 0.4) is 0 Å². The Morgan fingerprint density at radius 1 is 1.33 bits per heavy atom. The molecular weight excluding hydrogens is 222 g/mol. The number of hydrogen-bond acceptors (Lipinski definition) is 3. The predicted molar refractivity (Wildman–Crippen MR) is 75.4 cm³/mol. The van der Waals surface area contributed by atoms with Crippen LogP contribution in [0.5, 0.6) is 0 Å². The van der Waals surface area contributed by atoms with E-state index in [9.17, 15) is 0 Å². The predicted octanol–water partition coefficient (Wildman–Crippen LogP) is 2.48. The van der Waals surface area contributed by atoms with Gasteiger partial charge in [-0.25, -0.2) is 0 Å². The zero-order valence-corrected chi connectivity index (χ0v) is 11.4. The van der Waals surface area contributed by atoms with Gasteiger partial charge < -0.3 is 10.6 Å². The molecule has 0 aromatic carbocycles. The zero-order chi connectivity index (χ0) is 12.6. The molecule has 0 bridgehead atoms. The maximum atomic E-state index is 4.04. The number of rotatable bonds is 5. The van der Waals surface area contributed by atoms with E-state index in [1.165, 1.54) is 44.2 Å². The summed E-state index contributed by atoms with van der Waals surface area (Å²) in [5.41, 5.74) is 1.31. The molecule has 3 heteroatoms. The maximum Gasteiger partial charge on any atom is 0.0271 e. The molecule has 0 saturated carbocycles. The van der Waals surface area contributed by atoms with Gasteiger partial charge in [-0.05, 0) is 50.4 Å². The van der Waals surface area contributed by atoms with Crippen molar-refractivity contribution in [1.29, 1.82) is 0 Å². The van der Waals surface area contributed by atoms with Crippen molar-refractivity contribution in [2.75, 3.05) is 6.54 Å². The molecule has 2 rings (SSSR count). The van der Waals surface area contributed by atoms with Crippen LogP contribution in [-0.4, -0.2) is 23.6 Å². The number of nitrogens with zero attached hydrogens (tertiary/aromatic N) is 1. The molecule has 1 aromatic rings. The van der Waals surface area contributed by atoms with Crippen molar-refractivity contribution in [3.63, 3.8) is 0 Å². The van der Waals surface area contributed by atoms with Crippen molar-refractivity contribution < 1.29 is 0 Å². The molecule has 1 saturated heterocycles. The van der Waals surface area contributed by atoms with E-state index >= 15 is 0 Å². The molecule has 100 valence electrons. The molecule has 1 aliphatic rings.